The second-order valence-electron chi connectivity index (χ2n) is 5.53. The minimum absolute atomic E-state index is 0.0893. The number of hydrogen-bond donors (Lipinski definition) is 1. The van der Waals surface area contributed by atoms with Crippen molar-refractivity contribution in [1.82, 2.24) is 4.90 Å². The number of hydrogen-bond acceptors (Lipinski definition) is 2. The maximum absolute atomic E-state index is 12.5. The lowest BCUT2D eigenvalue weighted by Gasteiger charge is -2.38. The molecule has 1 aromatic rings. The van der Waals surface area contributed by atoms with Gasteiger partial charge in [0.15, 0.2) is 0 Å². The summed E-state index contributed by atoms with van der Waals surface area (Å²) in [7, 11) is 0. The Labute approximate surface area is 113 Å². The molecule has 0 aliphatic carbocycles. The third-order valence-corrected chi connectivity index (χ3v) is 3.99. The lowest BCUT2D eigenvalue weighted by atomic mass is 9.92. The quantitative estimate of drug-likeness (QED) is 0.908. The number of nitrogens with zero attached hydrogens (tertiary/aromatic N) is 1. The summed E-state index contributed by atoms with van der Waals surface area (Å²) in [5.74, 6) is 0.728. The van der Waals surface area contributed by atoms with Crippen LogP contribution >= 0.6 is 0 Å². The molecule has 106 valence electrons. The Morgan fingerprint density at radius 3 is 2.58 bits per heavy atom. The van der Waals surface area contributed by atoms with Gasteiger partial charge < -0.3 is 5.73 Å². The van der Waals surface area contributed by atoms with Crippen LogP contribution in [0.4, 0.5) is 8.78 Å². The number of piperidine rings is 1. The molecular formula is C15H22F2N2. The summed E-state index contributed by atoms with van der Waals surface area (Å²) in [4.78, 5) is 2.37. The van der Waals surface area contributed by atoms with E-state index in [-0.39, 0.29) is 5.56 Å². The van der Waals surface area contributed by atoms with Crippen molar-refractivity contribution in [1.29, 1.82) is 0 Å². The van der Waals surface area contributed by atoms with Crippen molar-refractivity contribution in [2.45, 2.75) is 38.8 Å². The first-order chi connectivity index (χ1) is 9.10. The van der Waals surface area contributed by atoms with Gasteiger partial charge in [0.1, 0.15) is 0 Å². The molecule has 0 aromatic heterocycles. The van der Waals surface area contributed by atoms with E-state index in [9.17, 15) is 8.78 Å². The lowest BCUT2D eigenvalue weighted by Crippen LogP contribution is -2.45. The van der Waals surface area contributed by atoms with Gasteiger partial charge in [-0.05, 0) is 30.9 Å². The average Bonchev–Trinajstić information content (AvgIpc) is 2.41. The summed E-state index contributed by atoms with van der Waals surface area (Å²) in [6.07, 6.45) is -0.0706. The van der Waals surface area contributed by atoms with Crippen LogP contribution in [0, 0.1) is 5.92 Å². The number of alkyl halides is 2. The molecule has 1 saturated heterocycles. The Balaban J connectivity index is 1.99. The van der Waals surface area contributed by atoms with E-state index in [2.05, 4.69) is 11.8 Å². The molecule has 0 amide bonds. The molecule has 1 fully saturated rings. The molecule has 1 heterocycles. The van der Waals surface area contributed by atoms with Crippen LogP contribution in [-0.2, 0) is 6.54 Å². The molecule has 0 radical (unpaired) electrons. The largest absolute Gasteiger partial charge is 0.329 e. The fraction of sp³-hybridized carbons (Fsp3) is 0.600. The van der Waals surface area contributed by atoms with Crippen LogP contribution in [0.25, 0.3) is 0 Å². The Bertz CT molecular complexity index is 392. The van der Waals surface area contributed by atoms with Crippen molar-refractivity contribution in [3.63, 3.8) is 0 Å². The highest BCUT2D eigenvalue weighted by Crippen LogP contribution is 2.24. The van der Waals surface area contributed by atoms with E-state index in [4.69, 9.17) is 5.73 Å². The highest BCUT2D eigenvalue weighted by molar-refractivity contribution is 5.23. The minimum Gasteiger partial charge on any atom is -0.329 e. The van der Waals surface area contributed by atoms with E-state index < -0.39 is 6.43 Å². The van der Waals surface area contributed by atoms with Gasteiger partial charge in [-0.25, -0.2) is 8.78 Å². The normalized spacial score (nSPS) is 24.9. The van der Waals surface area contributed by atoms with Gasteiger partial charge in [-0.2, -0.15) is 0 Å². The molecule has 0 spiro atoms. The minimum atomic E-state index is -2.39. The standard InChI is InChI=1S/C15H22F2N2/c1-11-6-7-19(14(8-11)9-18)10-12-2-4-13(5-3-12)15(16)17/h2-5,11,14-15H,6-10,18H2,1H3. The molecule has 4 heteroatoms. The zero-order valence-corrected chi connectivity index (χ0v) is 11.4. The van der Waals surface area contributed by atoms with Crippen molar-refractivity contribution >= 4 is 0 Å². The van der Waals surface area contributed by atoms with E-state index >= 15 is 0 Å². The SMILES string of the molecule is CC1CCN(Cc2ccc(C(F)F)cc2)C(CN)C1. The molecule has 2 rings (SSSR count). The fourth-order valence-corrected chi connectivity index (χ4v) is 2.76. The van der Waals surface area contributed by atoms with E-state index in [1.807, 2.05) is 0 Å². The van der Waals surface area contributed by atoms with E-state index in [0.717, 1.165) is 31.0 Å². The summed E-state index contributed by atoms with van der Waals surface area (Å²) in [5.41, 5.74) is 7.00. The van der Waals surface area contributed by atoms with Crippen LogP contribution in [0.2, 0.25) is 0 Å². The van der Waals surface area contributed by atoms with Crippen LogP contribution in [0.15, 0.2) is 24.3 Å². The summed E-state index contributed by atoms with van der Waals surface area (Å²) >= 11 is 0. The van der Waals surface area contributed by atoms with Crippen molar-refractivity contribution in [3.05, 3.63) is 35.4 Å². The Kier molecular flexibility index (Phi) is 4.88. The molecule has 19 heavy (non-hydrogen) atoms. The van der Waals surface area contributed by atoms with Crippen molar-refractivity contribution in [2.24, 2.45) is 11.7 Å². The van der Waals surface area contributed by atoms with Gasteiger partial charge in [-0.15, -0.1) is 0 Å². The van der Waals surface area contributed by atoms with Crippen LogP contribution in [0.3, 0.4) is 0 Å². The number of benzene rings is 1. The van der Waals surface area contributed by atoms with Gasteiger partial charge in [0, 0.05) is 24.7 Å². The first-order valence-corrected chi connectivity index (χ1v) is 6.91. The monoisotopic (exact) mass is 268 g/mol. The predicted octanol–water partition coefficient (Wildman–Crippen LogP) is 3.18. The van der Waals surface area contributed by atoms with E-state index in [0.29, 0.717) is 12.6 Å². The van der Waals surface area contributed by atoms with Crippen molar-refractivity contribution < 1.29 is 8.78 Å². The molecule has 1 aromatic carbocycles. The highest BCUT2D eigenvalue weighted by Gasteiger charge is 2.25. The maximum Gasteiger partial charge on any atom is 0.263 e. The van der Waals surface area contributed by atoms with Crippen LogP contribution in [0.5, 0.6) is 0 Å². The first kappa shape index (κ1) is 14.4. The number of rotatable bonds is 4. The Morgan fingerprint density at radius 1 is 1.32 bits per heavy atom. The topological polar surface area (TPSA) is 29.3 Å². The Hall–Kier alpha value is -1.00. The summed E-state index contributed by atoms with van der Waals surface area (Å²) in [6, 6.07) is 7.05. The molecule has 2 N–H and O–H groups in total. The van der Waals surface area contributed by atoms with Gasteiger partial charge in [0.2, 0.25) is 0 Å². The lowest BCUT2D eigenvalue weighted by molar-refractivity contribution is 0.115. The molecule has 2 unspecified atom stereocenters. The van der Waals surface area contributed by atoms with Crippen molar-refractivity contribution in [2.75, 3.05) is 13.1 Å². The highest BCUT2D eigenvalue weighted by atomic mass is 19.3. The summed E-state index contributed by atoms with van der Waals surface area (Å²) in [5, 5.41) is 0. The van der Waals surface area contributed by atoms with E-state index in [1.54, 1.807) is 12.1 Å². The van der Waals surface area contributed by atoms with Gasteiger partial charge in [0.05, 0.1) is 0 Å². The summed E-state index contributed by atoms with van der Waals surface area (Å²) < 4.78 is 25.0. The number of halogens is 2. The molecule has 1 aliphatic heterocycles. The van der Waals surface area contributed by atoms with Crippen molar-refractivity contribution in [3.8, 4) is 0 Å². The van der Waals surface area contributed by atoms with Crippen LogP contribution in [0.1, 0.15) is 37.3 Å². The second kappa shape index (κ2) is 6.44. The number of likely N-dealkylation sites (tertiary alicyclic amines) is 1. The average molecular weight is 268 g/mol. The third kappa shape index (κ3) is 3.74. The van der Waals surface area contributed by atoms with Crippen LogP contribution in [-0.4, -0.2) is 24.0 Å². The molecule has 2 nitrogen and oxygen atoms in total. The van der Waals surface area contributed by atoms with Gasteiger partial charge in [-0.3, -0.25) is 4.90 Å². The summed E-state index contributed by atoms with van der Waals surface area (Å²) in [6.45, 7) is 4.77. The number of nitrogens with two attached hydrogens (primary N) is 1. The zero-order valence-electron chi connectivity index (χ0n) is 11.4. The maximum atomic E-state index is 12.5. The molecule has 0 bridgehead atoms. The first-order valence-electron chi connectivity index (χ1n) is 6.91. The Morgan fingerprint density at radius 2 is 2.00 bits per heavy atom. The fourth-order valence-electron chi connectivity index (χ4n) is 2.76. The van der Waals surface area contributed by atoms with Gasteiger partial charge >= 0.3 is 0 Å². The smallest absolute Gasteiger partial charge is 0.263 e. The molecule has 0 saturated carbocycles. The van der Waals surface area contributed by atoms with Gasteiger partial charge in [0.25, 0.3) is 6.43 Å². The molecule has 1 aliphatic rings. The molecule has 2 atom stereocenters. The second-order valence-corrected chi connectivity index (χ2v) is 5.53. The zero-order chi connectivity index (χ0) is 13.8. The van der Waals surface area contributed by atoms with Gasteiger partial charge in [-0.1, -0.05) is 31.2 Å². The van der Waals surface area contributed by atoms with E-state index in [1.165, 1.54) is 18.6 Å². The van der Waals surface area contributed by atoms with Crippen LogP contribution < -0.4 is 5.73 Å². The predicted molar refractivity (Wildman–Crippen MR) is 73.0 cm³/mol. The third-order valence-electron chi connectivity index (χ3n) is 3.99. The molecular weight excluding hydrogens is 246 g/mol.